The predicted molar refractivity (Wildman–Crippen MR) is 93.5 cm³/mol. The SMILES string of the molecule is O=C(c1cnc(N[SH](=O)=O)cn1)N1CCN(Cc2cc(F)cc(F)c2)CC1. The number of nitrogens with zero attached hydrogens (tertiary/aromatic N) is 4. The molecule has 8 nitrogen and oxygen atoms in total. The first kappa shape index (κ1) is 19.1. The molecule has 2 aromatic rings. The Labute approximate surface area is 155 Å². The third-order valence-electron chi connectivity index (χ3n) is 4.06. The maximum atomic E-state index is 13.3. The van der Waals surface area contributed by atoms with E-state index in [0.29, 0.717) is 38.3 Å². The summed E-state index contributed by atoms with van der Waals surface area (Å²) in [7, 11) is -2.84. The number of aromatic nitrogens is 2. The lowest BCUT2D eigenvalue weighted by Gasteiger charge is -2.34. The van der Waals surface area contributed by atoms with Crippen molar-refractivity contribution in [3.05, 3.63) is 53.5 Å². The Kier molecular flexibility index (Phi) is 5.91. The first-order chi connectivity index (χ1) is 12.9. The van der Waals surface area contributed by atoms with E-state index in [2.05, 4.69) is 14.7 Å². The average molecular weight is 397 g/mol. The van der Waals surface area contributed by atoms with Crippen molar-refractivity contribution in [3.8, 4) is 0 Å². The fourth-order valence-corrected chi connectivity index (χ4v) is 3.12. The monoisotopic (exact) mass is 397 g/mol. The molecule has 27 heavy (non-hydrogen) atoms. The Morgan fingerprint density at radius 1 is 1.04 bits per heavy atom. The number of hydrogen-bond acceptors (Lipinski definition) is 6. The van der Waals surface area contributed by atoms with Crippen LogP contribution in [0.4, 0.5) is 14.6 Å². The van der Waals surface area contributed by atoms with Crippen LogP contribution in [0.1, 0.15) is 16.1 Å². The van der Waals surface area contributed by atoms with E-state index in [1.54, 1.807) is 4.90 Å². The Balaban J connectivity index is 1.56. The Morgan fingerprint density at radius 2 is 1.70 bits per heavy atom. The zero-order chi connectivity index (χ0) is 19.4. The summed E-state index contributed by atoms with van der Waals surface area (Å²) in [5.74, 6) is -1.50. The highest BCUT2D eigenvalue weighted by atomic mass is 32.2. The van der Waals surface area contributed by atoms with E-state index in [-0.39, 0.29) is 17.4 Å². The highest BCUT2D eigenvalue weighted by Crippen LogP contribution is 2.13. The molecule has 144 valence electrons. The number of hydrogen-bond donors (Lipinski definition) is 2. The van der Waals surface area contributed by atoms with Gasteiger partial charge in [-0.2, -0.15) is 0 Å². The number of halogens is 2. The first-order valence-corrected chi connectivity index (χ1v) is 9.28. The molecule has 1 N–H and O–H groups in total. The maximum Gasteiger partial charge on any atom is 0.274 e. The van der Waals surface area contributed by atoms with E-state index in [1.807, 2.05) is 4.90 Å². The zero-order valence-corrected chi connectivity index (χ0v) is 15.0. The van der Waals surface area contributed by atoms with Crippen LogP contribution < -0.4 is 4.72 Å². The Morgan fingerprint density at radius 3 is 2.26 bits per heavy atom. The minimum Gasteiger partial charge on any atom is -0.335 e. The Bertz CT molecular complexity index is 871. The minimum absolute atomic E-state index is 0.0369. The van der Waals surface area contributed by atoms with Crippen molar-refractivity contribution >= 4 is 22.6 Å². The van der Waals surface area contributed by atoms with Crippen LogP contribution >= 0.6 is 0 Å². The topological polar surface area (TPSA) is 95.5 Å². The van der Waals surface area contributed by atoms with Gasteiger partial charge >= 0.3 is 0 Å². The van der Waals surface area contributed by atoms with Gasteiger partial charge in [-0.3, -0.25) is 14.4 Å². The van der Waals surface area contributed by atoms with E-state index in [1.165, 1.54) is 24.5 Å². The van der Waals surface area contributed by atoms with Crippen LogP contribution in [-0.4, -0.2) is 60.3 Å². The summed E-state index contributed by atoms with van der Waals surface area (Å²) in [5.41, 5.74) is 0.653. The van der Waals surface area contributed by atoms with Crippen LogP contribution in [0.5, 0.6) is 0 Å². The molecular weight excluding hydrogens is 380 g/mol. The van der Waals surface area contributed by atoms with Crippen molar-refractivity contribution < 1.29 is 22.0 Å². The summed E-state index contributed by atoms with van der Waals surface area (Å²) in [4.78, 5) is 23.8. The summed E-state index contributed by atoms with van der Waals surface area (Å²) < 4.78 is 49.8. The second kappa shape index (κ2) is 8.35. The van der Waals surface area contributed by atoms with Crippen LogP contribution in [0.2, 0.25) is 0 Å². The van der Waals surface area contributed by atoms with Gasteiger partial charge in [0.15, 0.2) is 5.82 Å². The van der Waals surface area contributed by atoms with Crippen molar-refractivity contribution in [2.24, 2.45) is 0 Å². The Hall–Kier alpha value is -2.66. The van der Waals surface area contributed by atoms with Gasteiger partial charge < -0.3 is 4.90 Å². The highest BCUT2D eigenvalue weighted by molar-refractivity contribution is 7.73. The molecule has 1 amide bonds. The molecule has 0 bridgehead atoms. The third-order valence-corrected chi connectivity index (χ3v) is 4.48. The van der Waals surface area contributed by atoms with Gasteiger partial charge in [-0.15, -0.1) is 0 Å². The molecule has 0 aliphatic carbocycles. The largest absolute Gasteiger partial charge is 0.335 e. The molecule has 1 aliphatic heterocycles. The lowest BCUT2D eigenvalue weighted by molar-refractivity contribution is 0.0622. The van der Waals surface area contributed by atoms with Crippen molar-refractivity contribution in [2.75, 3.05) is 30.9 Å². The normalized spacial score (nSPS) is 15.1. The number of carbonyl (C=O) groups is 1. The lowest BCUT2D eigenvalue weighted by Crippen LogP contribution is -2.48. The summed E-state index contributed by atoms with van der Waals surface area (Å²) in [6.07, 6.45) is 2.39. The molecule has 0 atom stereocenters. The van der Waals surface area contributed by atoms with Crippen LogP contribution in [0, 0.1) is 11.6 Å². The molecule has 0 radical (unpaired) electrons. The average Bonchev–Trinajstić information content (AvgIpc) is 2.61. The molecule has 1 aromatic heterocycles. The molecule has 0 spiro atoms. The third kappa shape index (κ3) is 5.17. The van der Waals surface area contributed by atoms with Crippen molar-refractivity contribution in [3.63, 3.8) is 0 Å². The molecule has 1 aromatic carbocycles. The summed E-state index contributed by atoms with van der Waals surface area (Å²) in [6.45, 7) is 2.36. The van der Waals surface area contributed by atoms with Gasteiger partial charge in [0, 0.05) is 38.8 Å². The standard InChI is InChI=1S/C16H17F2N5O3S/c17-12-5-11(6-13(18)7-12)10-22-1-3-23(4-2-22)16(24)14-8-20-15(9-19-14)21-27(25)26/h5-9,27H,1-4,10H2,(H,20,21,25,26). The van der Waals surface area contributed by atoms with E-state index < -0.39 is 22.5 Å². The second-order valence-corrected chi connectivity index (χ2v) is 6.74. The quantitative estimate of drug-likeness (QED) is 0.720. The number of rotatable bonds is 5. The molecule has 0 saturated carbocycles. The molecule has 1 fully saturated rings. The van der Waals surface area contributed by atoms with E-state index >= 15 is 0 Å². The van der Waals surface area contributed by atoms with Gasteiger partial charge in [0.2, 0.25) is 10.9 Å². The fourth-order valence-electron chi connectivity index (χ4n) is 2.82. The number of benzene rings is 1. The first-order valence-electron chi connectivity index (χ1n) is 8.10. The van der Waals surface area contributed by atoms with Crippen LogP contribution in [0.25, 0.3) is 0 Å². The van der Waals surface area contributed by atoms with Gasteiger partial charge in [-0.05, 0) is 17.7 Å². The summed E-state index contributed by atoms with van der Waals surface area (Å²) in [5, 5.41) is 0. The van der Waals surface area contributed by atoms with Crippen LogP contribution in [-0.2, 0) is 17.4 Å². The minimum atomic E-state index is -2.84. The fraction of sp³-hybridized carbons (Fsp3) is 0.312. The second-order valence-electron chi connectivity index (χ2n) is 6.00. The van der Waals surface area contributed by atoms with Gasteiger partial charge in [-0.25, -0.2) is 27.2 Å². The number of thiol groups is 1. The molecule has 0 unspecified atom stereocenters. The molecular formula is C16H17F2N5O3S. The lowest BCUT2D eigenvalue weighted by atomic mass is 10.2. The van der Waals surface area contributed by atoms with E-state index in [0.717, 1.165) is 6.07 Å². The van der Waals surface area contributed by atoms with Crippen LogP contribution in [0.15, 0.2) is 30.6 Å². The molecule has 3 rings (SSSR count). The molecule has 11 heteroatoms. The zero-order valence-electron chi connectivity index (χ0n) is 14.1. The van der Waals surface area contributed by atoms with Crippen molar-refractivity contribution in [1.82, 2.24) is 19.8 Å². The number of amides is 1. The van der Waals surface area contributed by atoms with Gasteiger partial charge in [0.25, 0.3) is 5.91 Å². The van der Waals surface area contributed by atoms with Gasteiger partial charge in [0.1, 0.15) is 17.3 Å². The molecule has 1 saturated heterocycles. The van der Waals surface area contributed by atoms with Crippen LogP contribution in [0.3, 0.4) is 0 Å². The maximum absolute atomic E-state index is 13.3. The smallest absolute Gasteiger partial charge is 0.274 e. The number of anilines is 1. The van der Waals surface area contributed by atoms with Crippen molar-refractivity contribution in [2.45, 2.75) is 6.54 Å². The van der Waals surface area contributed by atoms with E-state index in [4.69, 9.17) is 0 Å². The molecule has 2 heterocycles. The number of piperazine rings is 1. The van der Waals surface area contributed by atoms with E-state index in [9.17, 15) is 22.0 Å². The highest BCUT2D eigenvalue weighted by Gasteiger charge is 2.23. The van der Waals surface area contributed by atoms with Crippen molar-refractivity contribution in [1.29, 1.82) is 0 Å². The number of nitrogens with one attached hydrogen (secondary N) is 1. The summed E-state index contributed by atoms with van der Waals surface area (Å²) >= 11 is 0. The van der Waals surface area contributed by atoms with Gasteiger partial charge in [0.05, 0.1) is 12.4 Å². The number of carbonyl (C=O) groups excluding carboxylic acids is 1. The predicted octanol–water partition coefficient (Wildman–Crippen LogP) is 0.651. The van der Waals surface area contributed by atoms with Gasteiger partial charge in [-0.1, -0.05) is 0 Å². The summed E-state index contributed by atoms with van der Waals surface area (Å²) in [6, 6.07) is 3.42. The molecule has 1 aliphatic rings.